The minimum atomic E-state index is -1.01. The van der Waals surface area contributed by atoms with Gasteiger partial charge in [-0.3, -0.25) is 4.79 Å². The maximum atomic E-state index is 13.7. The van der Waals surface area contributed by atoms with Crippen molar-refractivity contribution >= 4 is 17.7 Å². The second-order valence-corrected chi connectivity index (χ2v) is 10.5. The van der Waals surface area contributed by atoms with Gasteiger partial charge < -0.3 is 39.0 Å². The van der Waals surface area contributed by atoms with Crippen LogP contribution in [0.1, 0.15) is 29.9 Å². The van der Waals surface area contributed by atoms with Crippen LogP contribution in [0.25, 0.3) is 0 Å². The molecule has 2 atom stereocenters. The molecule has 2 N–H and O–H groups in total. The summed E-state index contributed by atoms with van der Waals surface area (Å²) in [5.74, 6) is -0.473. The highest BCUT2D eigenvalue weighted by atomic mass is 19.1. The van der Waals surface area contributed by atoms with Crippen molar-refractivity contribution in [3.05, 3.63) is 83.4 Å². The lowest BCUT2D eigenvalue weighted by Crippen LogP contribution is -2.46. The van der Waals surface area contributed by atoms with Crippen LogP contribution in [0.4, 0.5) is 19.3 Å². The number of hydrogen-bond donors (Lipinski definition) is 2. The summed E-state index contributed by atoms with van der Waals surface area (Å²) in [5.41, 5.74) is 2.33. The second kappa shape index (κ2) is 14.4. The highest BCUT2D eigenvalue weighted by Crippen LogP contribution is 2.35. The number of fused-ring (bicyclic) bond motifs is 1. The van der Waals surface area contributed by atoms with Gasteiger partial charge in [-0.05, 0) is 53.9 Å². The number of halogens is 2. The molecule has 2 aliphatic heterocycles. The molecular formula is C32H34F2N2O8. The van der Waals surface area contributed by atoms with Crippen molar-refractivity contribution in [2.24, 2.45) is 0 Å². The average molecular weight is 613 g/mol. The van der Waals surface area contributed by atoms with Gasteiger partial charge >= 0.3 is 6.09 Å². The molecule has 0 spiro atoms. The first kappa shape index (κ1) is 31.0. The molecule has 2 amide bonds. The Morgan fingerprint density at radius 1 is 1.02 bits per heavy atom. The Morgan fingerprint density at radius 3 is 2.59 bits per heavy atom. The Bertz CT molecular complexity index is 1450. The van der Waals surface area contributed by atoms with Crippen molar-refractivity contribution in [3.63, 3.8) is 0 Å². The predicted octanol–water partition coefficient (Wildman–Crippen LogP) is 4.58. The molecule has 3 aromatic carbocycles. The van der Waals surface area contributed by atoms with E-state index in [4.69, 9.17) is 18.9 Å². The Labute approximate surface area is 253 Å². The fraction of sp³-hybridized carbons (Fsp3) is 0.375. The lowest BCUT2D eigenvalue weighted by Gasteiger charge is -2.37. The lowest BCUT2D eigenvalue weighted by atomic mass is 9.87. The maximum Gasteiger partial charge on any atom is 0.407 e. The van der Waals surface area contributed by atoms with Crippen LogP contribution < -0.4 is 19.1 Å². The highest BCUT2D eigenvalue weighted by molar-refractivity contribution is 5.97. The summed E-state index contributed by atoms with van der Waals surface area (Å²) in [6.07, 6.45) is -0.396. The summed E-state index contributed by atoms with van der Waals surface area (Å²) < 4.78 is 49.9. The van der Waals surface area contributed by atoms with Crippen LogP contribution in [0.15, 0.2) is 60.7 Å². The standard InChI is InChI=1S/C32H34F2N2O8/c33-23-5-8-26(34)29(17-23)42-15-1-14-41-24-6-3-22(4-7-24)25-10-11-35(32(39)40)18-30(25)43-19-21-2-9-28-27(16-21)36(12-13-37)31(38)20-44-28/h2-9,16-17,25,30,37H,1,10-15,18-20H2,(H,39,40). The topological polar surface area (TPSA) is 118 Å². The van der Waals surface area contributed by atoms with Gasteiger partial charge in [-0.1, -0.05) is 18.2 Å². The molecule has 0 bridgehead atoms. The van der Waals surface area contributed by atoms with Crippen molar-refractivity contribution in [2.45, 2.75) is 31.5 Å². The summed E-state index contributed by atoms with van der Waals surface area (Å²) in [6.45, 7) is 1.11. The number of benzene rings is 3. The van der Waals surface area contributed by atoms with Gasteiger partial charge in [-0.25, -0.2) is 13.6 Å². The van der Waals surface area contributed by atoms with Gasteiger partial charge in [0.25, 0.3) is 5.91 Å². The number of β-amino-alcohol motifs (C(OH)–C–C–N with tert-alkyl or cyclic N) is 1. The smallest absolute Gasteiger partial charge is 0.407 e. The van der Waals surface area contributed by atoms with E-state index in [1.807, 2.05) is 30.3 Å². The number of rotatable bonds is 12. The van der Waals surface area contributed by atoms with Crippen LogP contribution >= 0.6 is 0 Å². The molecule has 12 heteroatoms. The zero-order chi connectivity index (χ0) is 31.1. The summed E-state index contributed by atoms with van der Waals surface area (Å²) in [6, 6.07) is 16.0. The molecule has 0 aromatic heterocycles. The normalized spacial score (nSPS) is 18.0. The van der Waals surface area contributed by atoms with Crippen LogP contribution in [-0.4, -0.2) is 79.3 Å². The minimum Gasteiger partial charge on any atom is -0.493 e. The first-order valence-corrected chi connectivity index (χ1v) is 14.4. The van der Waals surface area contributed by atoms with E-state index < -0.39 is 23.8 Å². The fourth-order valence-electron chi connectivity index (χ4n) is 5.36. The number of ether oxygens (including phenoxy) is 4. The van der Waals surface area contributed by atoms with Crippen LogP contribution in [0.5, 0.6) is 17.2 Å². The van der Waals surface area contributed by atoms with Crippen LogP contribution in [0, 0.1) is 11.6 Å². The molecule has 0 radical (unpaired) electrons. The molecular weight excluding hydrogens is 578 g/mol. The van der Waals surface area contributed by atoms with E-state index in [-0.39, 0.29) is 57.1 Å². The Hall–Kier alpha value is -4.42. The van der Waals surface area contributed by atoms with Gasteiger partial charge in [0.1, 0.15) is 17.3 Å². The number of amides is 2. The largest absolute Gasteiger partial charge is 0.493 e. The van der Waals surface area contributed by atoms with Crippen LogP contribution in [0.3, 0.4) is 0 Å². The van der Waals surface area contributed by atoms with Crippen LogP contribution in [-0.2, 0) is 16.1 Å². The molecule has 0 aliphatic carbocycles. The first-order chi connectivity index (χ1) is 21.3. The average Bonchev–Trinajstić information content (AvgIpc) is 3.03. The van der Waals surface area contributed by atoms with Gasteiger partial charge in [0.05, 0.1) is 44.8 Å². The number of carbonyl (C=O) groups is 2. The summed E-state index contributed by atoms with van der Waals surface area (Å²) >= 11 is 0. The number of anilines is 1. The zero-order valence-corrected chi connectivity index (χ0v) is 24.0. The SMILES string of the molecule is O=C(O)N1CCC(c2ccc(OCCCOc3cc(F)ccc3F)cc2)C(OCc2ccc3c(c2)N(CCO)C(=O)CO3)C1. The van der Waals surface area contributed by atoms with E-state index in [9.17, 15) is 28.6 Å². The van der Waals surface area contributed by atoms with E-state index in [1.54, 1.807) is 12.1 Å². The molecule has 44 heavy (non-hydrogen) atoms. The quantitative estimate of drug-likeness (QED) is 0.286. The summed E-state index contributed by atoms with van der Waals surface area (Å²) in [5, 5.41) is 19.0. The van der Waals surface area contributed by atoms with Crippen LogP contribution in [0.2, 0.25) is 0 Å². The van der Waals surface area contributed by atoms with Crippen molar-refractivity contribution in [2.75, 3.05) is 51.0 Å². The minimum absolute atomic E-state index is 0.0670. The number of carbonyl (C=O) groups excluding carboxylic acids is 1. The molecule has 2 aliphatic rings. The maximum absolute atomic E-state index is 13.7. The summed E-state index contributed by atoms with van der Waals surface area (Å²) in [7, 11) is 0. The van der Waals surface area contributed by atoms with Crippen molar-refractivity contribution < 1.29 is 47.5 Å². The third kappa shape index (κ3) is 7.56. The van der Waals surface area contributed by atoms with Gasteiger partial charge in [-0.15, -0.1) is 0 Å². The second-order valence-electron chi connectivity index (χ2n) is 10.5. The molecule has 2 heterocycles. The fourth-order valence-corrected chi connectivity index (χ4v) is 5.36. The number of aliphatic hydroxyl groups is 1. The van der Waals surface area contributed by atoms with Gasteiger partial charge in [0.15, 0.2) is 18.2 Å². The van der Waals surface area contributed by atoms with E-state index in [0.717, 1.165) is 29.3 Å². The monoisotopic (exact) mass is 612 g/mol. The number of piperidine rings is 1. The van der Waals surface area contributed by atoms with Gasteiger partial charge in [-0.2, -0.15) is 0 Å². The van der Waals surface area contributed by atoms with Crippen molar-refractivity contribution in [1.82, 2.24) is 4.90 Å². The van der Waals surface area contributed by atoms with E-state index in [0.29, 0.717) is 43.2 Å². The van der Waals surface area contributed by atoms with Gasteiger partial charge in [0.2, 0.25) is 0 Å². The Balaban J connectivity index is 1.18. The molecule has 234 valence electrons. The predicted molar refractivity (Wildman–Crippen MR) is 155 cm³/mol. The molecule has 1 fully saturated rings. The number of carboxylic acid groups (broad SMARTS) is 1. The van der Waals surface area contributed by atoms with Crippen molar-refractivity contribution in [1.29, 1.82) is 0 Å². The first-order valence-electron chi connectivity index (χ1n) is 14.4. The molecule has 5 rings (SSSR count). The molecule has 3 aromatic rings. The summed E-state index contributed by atoms with van der Waals surface area (Å²) in [4.78, 5) is 26.9. The van der Waals surface area contributed by atoms with Crippen molar-refractivity contribution in [3.8, 4) is 17.2 Å². The molecule has 1 saturated heterocycles. The number of aliphatic hydroxyl groups excluding tert-OH is 1. The number of hydrogen-bond acceptors (Lipinski definition) is 7. The van der Waals surface area contributed by atoms with E-state index in [2.05, 4.69) is 0 Å². The van der Waals surface area contributed by atoms with E-state index >= 15 is 0 Å². The van der Waals surface area contributed by atoms with E-state index in [1.165, 1.54) is 9.80 Å². The third-order valence-electron chi connectivity index (χ3n) is 7.60. The Kier molecular flexibility index (Phi) is 10.1. The number of nitrogens with zero attached hydrogens (tertiary/aromatic N) is 2. The molecule has 2 unspecified atom stereocenters. The highest BCUT2D eigenvalue weighted by Gasteiger charge is 2.33. The number of likely N-dealkylation sites (tertiary alicyclic amines) is 1. The Morgan fingerprint density at radius 2 is 1.82 bits per heavy atom. The zero-order valence-electron chi connectivity index (χ0n) is 24.0. The molecule has 0 saturated carbocycles. The van der Waals surface area contributed by atoms with Gasteiger partial charge in [0, 0.05) is 31.5 Å². The molecule has 10 nitrogen and oxygen atoms in total. The third-order valence-corrected chi connectivity index (χ3v) is 7.60. The lowest BCUT2D eigenvalue weighted by molar-refractivity contribution is -0.121.